The van der Waals surface area contributed by atoms with Crippen LogP contribution in [0.3, 0.4) is 0 Å². The molecule has 1 aliphatic rings. The molecule has 1 saturated heterocycles. The Labute approximate surface area is 128 Å². The molecule has 0 aromatic heterocycles. The second kappa shape index (κ2) is 6.90. The molecule has 5 heteroatoms. The molecular formula is C16H26N2O2S. The average Bonchev–Trinajstić information content (AvgIpc) is 2.48. The van der Waals surface area contributed by atoms with Crippen molar-refractivity contribution in [1.29, 1.82) is 0 Å². The van der Waals surface area contributed by atoms with E-state index in [-0.39, 0.29) is 0 Å². The first-order chi connectivity index (χ1) is 9.91. The fourth-order valence-corrected chi connectivity index (χ4v) is 3.98. The first kappa shape index (κ1) is 16.5. The summed E-state index contributed by atoms with van der Waals surface area (Å²) < 4.78 is 26.7. The third-order valence-corrected chi connectivity index (χ3v) is 6.35. The molecule has 4 nitrogen and oxygen atoms in total. The molecule has 1 aromatic carbocycles. The minimum absolute atomic E-state index is 0.401. The van der Waals surface area contributed by atoms with Crippen LogP contribution in [-0.4, -0.2) is 39.4 Å². The third-order valence-electron chi connectivity index (χ3n) is 4.50. The smallest absolute Gasteiger partial charge is 0.242 e. The molecule has 0 atom stereocenters. The van der Waals surface area contributed by atoms with E-state index in [1.54, 1.807) is 19.2 Å². The van der Waals surface area contributed by atoms with Gasteiger partial charge in [0.25, 0.3) is 0 Å². The van der Waals surface area contributed by atoms with Gasteiger partial charge >= 0.3 is 0 Å². The van der Waals surface area contributed by atoms with Gasteiger partial charge in [-0.25, -0.2) is 12.7 Å². The number of hydrogen-bond acceptors (Lipinski definition) is 3. The number of benzene rings is 1. The second-order valence-electron chi connectivity index (χ2n) is 6.05. The maximum Gasteiger partial charge on any atom is 0.242 e. The molecule has 0 bridgehead atoms. The van der Waals surface area contributed by atoms with Gasteiger partial charge in [0, 0.05) is 13.6 Å². The third kappa shape index (κ3) is 4.05. The molecule has 0 spiro atoms. The Morgan fingerprint density at radius 1 is 1.19 bits per heavy atom. The van der Waals surface area contributed by atoms with Gasteiger partial charge in [-0.15, -0.1) is 0 Å². The number of rotatable bonds is 5. The van der Waals surface area contributed by atoms with Crippen molar-refractivity contribution in [3.8, 4) is 0 Å². The van der Waals surface area contributed by atoms with Crippen LogP contribution < -0.4 is 5.32 Å². The highest BCUT2D eigenvalue weighted by atomic mass is 32.2. The molecule has 0 saturated carbocycles. The van der Waals surface area contributed by atoms with E-state index in [1.807, 2.05) is 19.9 Å². The van der Waals surface area contributed by atoms with Gasteiger partial charge in [-0.2, -0.15) is 0 Å². The van der Waals surface area contributed by atoms with Crippen LogP contribution in [0.2, 0.25) is 0 Å². The lowest BCUT2D eigenvalue weighted by molar-refractivity contribution is 0.326. The van der Waals surface area contributed by atoms with Crippen LogP contribution >= 0.6 is 0 Å². The van der Waals surface area contributed by atoms with Crippen LogP contribution in [0.4, 0.5) is 0 Å². The number of aryl methyl sites for hydroxylation is 2. The summed E-state index contributed by atoms with van der Waals surface area (Å²) in [7, 11) is -1.68. The predicted octanol–water partition coefficient (Wildman–Crippen LogP) is 2.31. The number of piperidine rings is 1. The molecule has 0 unspecified atom stereocenters. The maximum atomic E-state index is 12.6. The van der Waals surface area contributed by atoms with E-state index in [4.69, 9.17) is 0 Å². The van der Waals surface area contributed by atoms with Crippen LogP contribution in [0.5, 0.6) is 0 Å². The first-order valence-corrected chi connectivity index (χ1v) is 9.09. The molecule has 1 N–H and O–H groups in total. The van der Waals surface area contributed by atoms with Crippen molar-refractivity contribution in [2.75, 3.05) is 26.7 Å². The van der Waals surface area contributed by atoms with E-state index >= 15 is 0 Å². The maximum absolute atomic E-state index is 12.6. The van der Waals surface area contributed by atoms with E-state index in [0.29, 0.717) is 17.4 Å². The highest BCUT2D eigenvalue weighted by Gasteiger charge is 2.22. The van der Waals surface area contributed by atoms with Crippen molar-refractivity contribution in [3.05, 3.63) is 29.3 Å². The second-order valence-corrected chi connectivity index (χ2v) is 8.10. The zero-order valence-corrected chi connectivity index (χ0v) is 14.0. The molecule has 0 radical (unpaired) electrons. The van der Waals surface area contributed by atoms with Crippen LogP contribution in [0.15, 0.2) is 23.1 Å². The van der Waals surface area contributed by atoms with Crippen molar-refractivity contribution < 1.29 is 8.42 Å². The molecule has 2 rings (SSSR count). The zero-order chi connectivity index (χ0) is 15.5. The fourth-order valence-electron chi connectivity index (χ4n) is 2.71. The molecule has 1 heterocycles. The van der Waals surface area contributed by atoms with E-state index in [0.717, 1.165) is 43.5 Å². The lowest BCUT2D eigenvalue weighted by Crippen LogP contribution is -2.32. The summed E-state index contributed by atoms with van der Waals surface area (Å²) in [5.41, 5.74) is 2.13. The predicted molar refractivity (Wildman–Crippen MR) is 85.9 cm³/mol. The summed E-state index contributed by atoms with van der Waals surface area (Å²) in [6, 6.07) is 5.35. The van der Waals surface area contributed by atoms with Gasteiger partial charge in [-0.05, 0) is 75.4 Å². The molecule has 21 heavy (non-hydrogen) atoms. The molecule has 0 amide bonds. The van der Waals surface area contributed by atoms with Gasteiger partial charge < -0.3 is 5.32 Å². The topological polar surface area (TPSA) is 49.4 Å². The van der Waals surface area contributed by atoms with Crippen LogP contribution in [-0.2, 0) is 10.0 Å². The summed E-state index contributed by atoms with van der Waals surface area (Å²) in [4.78, 5) is 0.401. The van der Waals surface area contributed by atoms with Crippen molar-refractivity contribution in [3.63, 3.8) is 0 Å². The van der Waals surface area contributed by atoms with E-state index in [1.165, 1.54) is 4.31 Å². The summed E-state index contributed by atoms with van der Waals surface area (Å²) >= 11 is 0. The normalized spacial score (nSPS) is 17.3. The SMILES string of the molecule is Cc1ccc(S(=O)(=O)N(C)CCC2CCNCC2)cc1C. The van der Waals surface area contributed by atoms with Gasteiger partial charge in [-0.1, -0.05) is 6.07 Å². The summed E-state index contributed by atoms with van der Waals surface area (Å²) in [5, 5.41) is 3.34. The van der Waals surface area contributed by atoms with E-state index in [9.17, 15) is 8.42 Å². The number of hydrogen-bond donors (Lipinski definition) is 1. The number of sulfonamides is 1. The standard InChI is InChI=1S/C16H26N2O2S/c1-13-4-5-16(12-14(13)2)21(19,20)18(3)11-8-15-6-9-17-10-7-15/h4-5,12,15,17H,6-11H2,1-3H3. The summed E-state index contributed by atoms with van der Waals surface area (Å²) in [6.45, 7) is 6.65. The van der Waals surface area contributed by atoms with Gasteiger partial charge in [0.1, 0.15) is 0 Å². The van der Waals surface area contributed by atoms with E-state index < -0.39 is 10.0 Å². The monoisotopic (exact) mass is 310 g/mol. The molecular weight excluding hydrogens is 284 g/mol. The zero-order valence-electron chi connectivity index (χ0n) is 13.2. The Balaban J connectivity index is 2.02. The summed E-state index contributed by atoms with van der Waals surface area (Å²) in [6.07, 6.45) is 3.25. The van der Waals surface area contributed by atoms with Gasteiger partial charge in [0.15, 0.2) is 0 Å². The quantitative estimate of drug-likeness (QED) is 0.908. The lowest BCUT2D eigenvalue weighted by atomic mass is 9.95. The van der Waals surface area contributed by atoms with Gasteiger partial charge in [-0.3, -0.25) is 0 Å². The average molecular weight is 310 g/mol. The van der Waals surface area contributed by atoms with Gasteiger partial charge in [0.2, 0.25) is 10.0 Å². The highest BCUT2D eigenvalue weighted by Crippen LogP contribution is 2.21. The lowest BCUT2D eigenvalue weighted by Gasteiger charge is -2.25. The molecule has 1 aromatic rings. The Morgan fingerprint density at radius 2 is 1.86 bits per heavy atom. The van der Waals surface area contributed by atoms with Crippen molar-refractivity contribution in [1.82, 2.24) is 9.62 Å². The minimum Gasteiger partial charge on any atom is -0.317 e. The van der Waals surface area contributed by atoms with Crippen molar-refractivity contribution in [2.45, 2.75) is 38.0 Å². The summed E-state index contributed by atoms with van der Waals surface area (Å²) in [5.74, 6) is 0.642. The van der Waals surface area contributed by atoms with Crippen molar-refractivity contribution in [2.24, 2.45) is 5.92 Å². The fraction of sp³-hybridized carbons (Fsp3) is 0.625. The van der Waals surface area contributed by atoms with Crippen molar-refractivity contribution >= 4 is 10.0 Å². The Hall–Kier alpha value is -0.910. The Morgan fingerprint density at radius 3 is 2.48 bits per heavy atom. The molecule has 1 fully saturated rings. The van der Waals surface area contributed by atoms with E-state index in [2.05, 4.69) is 5.32 Å². The minimum atomic E-state index is -3.36. The van der Waals surface area contributed by atoms with Gasteiger partial charge in [0.05, 0.1) is 4.90 Å². The molecule has 0 aliphatic carbocycles. The number of nitrogens with one attached hydrogen (secondary N) is 1. The Bertz CT molecular complexity index is 578. The first-order valence-electron chi connectivity index (χ1n) is 7.65. The Kier molecular flexibility index (Phi) is 5.41. The van der Waals surface area contributed by atoms with Crippen LogP contribution in [0.25, 0.3) is 0 Å². The highest BCUT2D eigenvalue weighted by molar-refractivity contribution is 7.89. The molecule has 1 aliphatic heterocycles. The molecule has 118 valence electrons. The number of nitrogens with zero attached hydrogens (tertiary/aromatic N) is 1. The van der Waals surface area contributed by atoms with Crippen LogP contribution in [0, 0.1) is 19.8 Å². The van der Waals surface area contributed by atoms with Crippen LogP contribution in [0.1, 0.15) is 30.4 Å². The largest absolute Gasteiger partial charge is 0.317 e.